The predicted octanol–water partition coefficient (Wildman–Crippen LogP) is 6.57. The molecule has 2 aliphatic carbocycles. The molecule has 0 atom stereocenters. The normalized spacial score (nSPS) is 22.6. The number of rotatable bonds is 7. The summed E-state index contributed by atoms with van der Waals surface area (Å²) in [6, 6.07) is 11.6. The number of imidazole rings is 1. The molecule has 2 N–H and O–H groups in total. The lowest BCUT2D eigenvalue weighted by Crippen LogP contribution is -2.58. The van der Waals surface area contributed by atoms with Crippen molar-refractivity contribution in [1.29, 1.82) is 0 Å². The summed E-state index contributed by atoms with van der Waals surface area (Å²) in [6.07, 6.45) is 10.7. The van der Waals surface area contributed by atoms with Crippen LogP contribution in [0.2, 0.25) is 5.02 Å². The number of benzene rings is 2. The van der Waals surface area contributed by atoms with E-state index < -0.39 is 17.1 Å². The molecule has 13 heteroatoms. The number of nitrogens with one attached hydrogen (secondary N) is 2. The van der Waals surface area contributed by atoms with Gasteiger partial charge >= 0.3 is 0 Å². The summed E-state index contributed by atoms with van der Waals surface area (Å²) in [5, 5.41) is 5.77. The SMILES string of the molecule is CNC(=O)c1cc(Nc2nc(-c3ccc4c(c3)N([C@H]3C[C@@H](N5CCCCC5)C3)C(=O)C43CCN(C(C)=O)CC3)cc3ncn(C4CC4)c23)c(F)cc1Cl. The highest BCUT2D eigenvalue weighted by atomic mass is 35.5. The minimum Gasteiger partial charge on any atom is -0.355 e. The van der Waals surface area contributed by atoms with Gasteiger partial charge in [0.15, 0.2) is 5.82 Å². The molecule has 0 radical (unpaired) electrons. The number of hydrogen-bond acceptors (Lipinski definition) is 7. The number of halogens is 2. The molecular formula is C40H44ClFN8O3. The number of carbonyl (C=O) groups excluding carboxylic acids is 3. The molecule has 5 aliphatic rings. The summed E-state index contributed by atoms with van der Waals surface area (Å²) in [4.78, 5) is 56.0. The second-order valence-corrected chi connectivity index (χ2v) is 15.9. The third kappa shape index (κ3) is 5.76. The summed E-state index contributed by atoms with van der Waals surface area (Å²) < 4.78 is 17.5. The average Bonchev–Trinajstić information content (AvgIpc) is 3.86. The highest BCUT2D eigenvalue weighted by Gasteiger charge is 2.55. The lowest BCUT2D eigenvalue weighted by atomic mass is 9.73. The Kier molecular flexibility index (Phi) is 8.45. The van der Waals surface area contributed by atoms with Gasteiger partial charge in [-0.05, 0) is 94.3 Å². The molecule has 3 amide bonds. The molecule has 2 aromatic carbocycles. The molecule has 4 fully saturated rings. The fraction of sp³-hybridized carbons (Fsp3) is 0.475. The van der Waals surface area contributed by atoms with E-state index in [1.165, 1.54) is 32.4 Å². The number of piperidine rings is 2. The van der Waals surface area contributed by atoms with Gasteiger partial charge in [0.25, 0.3) is 5.91 Å². The molecule has 0 bridgehead atoms. The Balaban J connectivity index is 1.11. The second-order valence-electron chi connectivity index (χ2n) is 15.5. The highest BCUT2D eigenvalue weighted by Crippen LogP contribution is 2.52. The van der Waals surface area contributed by atoms with E-state index in [0.29, 0.717) is 49.0 Å². The van der Waals surface area contributed by atoms with Crippen molar-refractivity contribution in [1.82, 2.24) is 29.7 Å². The van der Waals surface area contributed by atoms with Gasteiger partial charge in [0.2, 0.25) is 11.8 Å². The monoisotopic (exact) mass is 738 g/mol. The topological polar surface area (TPSA) is 116 Å². The van der Waals surface area contributed by atoms with E-state index in [4.69, 9.17) is 21.6 Å². The summed E-state index contributed by atoms with van der Waals surface area (Å²) >= 11 is 6.26. The molecule has 3 aliphatic heterocycles. The molecule has 276 valence electrons. The first-order chi connectivity index (χ1) is 25.6. The molecule has 9 rings (SSSR count). The molecule has 1 spiro atoms. The van der Waals surface area contributed by atoms with Crippen molar-refractivity contribution in [3.8, 4) is 11.3 Å². The van der Waals surface area contributed by atoms with Crippen LogP contribution in [-0.4, -0.2) is 87.4 Å². The lowest BCUT2D eigenvalue weighted by Gasteiger charge is -2.48. The van der Waals surface area contributed by atoms with E-state index in [-0.39, 0.29) is 40.2 Å². The van der Waals surface area contributed by atoms with Gasteiger partial charge in [-0.15, -0.1) is 0 Å². The largest absolute Gasteiger partial charge is 0.355 e. The molecule has 2 saturated carbocycles. The molecule has 0 unspecified atom stereocenters. The van der Waals surface area contributed by atoms with Gasteiger partial charge in [-0.3, -0.25) is 14.4 Å². The van der Waals surface area contributed by atoms with Crippen molar-refractivity contribution in [3.05, 3.63) is 64.7 Å². The van der Waals surface area contributed by atoms with E-state index in [1.807, 2.05) is 23.4 Å². The number of hydrogen-bond donors (Lipinski definition) is 2. The Morgan fingerprint density at radius 2 is 1.72 bits per heavy atom. The van der Waals surface area contributed by atoms with Crippen LogP contribution in [0, 0.1) is 5.82 Å². The molecule has 5 heterocycles. The molecule has 53 heavy (non-hydrogen) atoms. The minimum absolute atomic E-state index is 0.0120. The van der Waals surface area contributed by atoms with Gasteiger partial charge in [-0.25, -0.2) is 14.4 Å². The molecule has 4 aromatic rings. The number of carbonyl (C=O) groups is 3. The first kappa shape index (κ1) is 34.2. The van der Waals surface area contributed by atoms with Crippen LogP contribution in [0.25, 0.3) is 22.3 Å². The van der Waals surface area contributed by atoms with E-state index in [0.717, 1.165) is 67.2 Å². The number of amides is 3. The zero-order valence-corrected chi connectivity index (χ0v) is 30.9. The highest BCUT2D eigenvalue weighted by molar-refractivity contribution is 6.34. The van der Waals surface area contributed by atoms with Crippen LogP contribution < -0.4 is 15.5 Å². The number of likely N-dealkylation sites (tertiary alicyclic amines) is 2. The molecule has 11 nitrogen and oxygen atoms in total. The average molecular weight is 739 g/mol. The number of pyridine rings is 1. The summed E-state index contributed by atoms with van der Waals surface area (Å²) in [6.45, 7) is 4.96. The summed E-state index contributed by atoms with van der Waals surface area (Å²) in [5.41, 5.74) is 4.39. The third-order valence-corrected chi connectivity index (χ3v) is 12.7. The fourth-order valence-corrected chi connectivity index (χ4v) is 9.39. The van der Waals surface area contributed by atoms with E-state index in [2.05, 4.69) is 37.1 Å². The predicted molar refractivity (Wildman–Crippen MR) is 202 cm³/mol. The molecule has 2 aromatic heterocycles. The zero-order chi connectivity index (χ0) is 36.6. The first-order valence-electron chi connectivity index (χ1n) is 19.0. The minimum atomic E-state index is -0.669. The van der Waals surface area contributed by atoms with Gasteiger partial charge in [0.05, 0.1) is 39.2 Å². The van der Waals surface area contributed by atoms with Gasteiger partial charge < -0.3 is 29.9 Å². The first-order valence-corrected chi connectivity index (χ1v) is 19.4. The fourth-order valence-electron chi connectivity index (χ4n) is 9.16. The van der Waals surface area contributed by atoms with Crippen LogP contribution in [-0.2, 0) is 15.0 Å². The Bertz CT molecular complexity index is 2150. The summed E-state index contributed by atoms with van der Waals surface area (Å²) in [5.74, 6) is -0.440. The van der Waals surface area contributed by atoms with Crippen LogP contribution in [0.1, 0.15) is 86.7 Å². The van der Waals surface area contributed by atoms with Gasteiger partial charge in [-0.2, -0.15) is 0 Å². The van der Waals surface area contributed by atoms with E-state index in [9.17, 15) is 14.4 Å². The Labute approximate surface area is 312 Å². The summed E-state index contributed by atoms with van der Waals surface area (Å²) in [7, 11) is 1.50. The van der Waals surface area contributed by atoms with E-state index >= 15 is 4.39 Å². The van der Waals surface area contributed by atoms with Crippen LogP contribution in [0.5, 0.6) is 0 Å². The maximum absolute atomic E-state index is 15.4. The smallest absolute Gasteiger partial charge is 0.252 e. The Hall–Kier alpha value is -4.55. The number of aromatic nitrogens is 3. The molecular weight excluding hydrogens is 695 g/mol. The van der Waals surface area contributed by atoms with Gasteiger partial charge in [0, 0.05) is 56.4 Å². The number of anilines is 3. The lowest BCUT2D eigenvalue weighted by molar-refractivity contribution is -0.134. The van der Waals surface area contributed by atoms with Gasteiger partial charge in [-0.1, -0.05) is 30.2 Å². The van der Waals surface area contributed by atoms with Crippen LogP contribution >= 0.6 is 11.6 Å². The van der Waals surface area contributed by atoms with Crippen molar-refractivity contribution in [2.45, 2.75) is 88.3 Å². The quantitative estimate of drug-likeness (QED) is 0.220. The van der Waals surface area contributed by atoms with Crippen LogP contribution in [0.3, 0.4) is 0 Å². The Morgan fingerprint density at radius 1 is 0.962 bits per heavy atom. The second kappa shape index (κ2) is 13.1. The van der Waals surface area contributed by atoms with Crippen LogP contribution in [0.15, 0.2) is 42.7 Å². The number of nitrogens with zero attached hydrogens (tertiary/aromatic N) is 6. The van der Waals surface area contributed by atoms with E-state index in [1.54, 1.807) is 6.92 Å². The zero-order valence-electron chi connectivity index (χ0n) is 30.1. The number of fused-ring (bicyclic) bond motifs is 3. The van der Waals surface area contributed by atoms with Crippen molar-refractivity contribution in [2.75, 3.05) is 43.4 Å². The van der Waals surface area contributed by atoms with Crippen molar-refractivity contribution >= 4 is 57.5 Å². The standard InChI is InChI=1S/C40H44ClFN8O3/c1-23(51)47-14-10-40(11-15-47)29-9-6-24(16-35(29)50(39(40)53)27-17-26(18-27)48-12-4-3-5-13-48)32-21-34-36(49(22-44-34)25-7-8-25)37(45-32)46-33-19-28(38(52)43-2)30(41)20-31(33)42/h6,9,16,19-22,25-27H,3-5,7-8,10-15,17-18H2,1-2H3,(H,43,52)(H,45,46)/t26-,27+. The van der Waals surface area contributed by atoms with Crippen molar-refractivity contribution < 1.29 is 18.8 Å². The maximum Gasteiger partial charge on any atom is 0.252 e. The van der Waals surface area contributed by atoms with Crippen LogP contribution in [0.4, 0.5) is 21.6 Å². The van der Waals surface area contributed by atoms with Crippen molar-refractivity contribution in [3.63, 3.8) is 0 Å². The van der Waals surface area contributed by atoms with Crippen molar-refractivity contribution in [2.24, 2.45) is 0 Å². The Morgan fingerprint density at radius 3 is 2.42 bits per heavy atom. The maximum atomic E-state index is 15.4. The molecule has 2 saturated heterocycles. The third-order valence-electron chi connectivity index (χ3n) is 12.4. The van der Waals surface area contributed by atoms with Gasteiger partial charge in [0.1, 0.15) is 11.3 Å².